The summed E-state index contributed by atoms with van der Waals surface area (Å²) in [5.41, 5.74) is 5.97. The van der Waals surface area contributed by atoms with E-state index in [2.05, 4.69) is 31.3 Å². The monoisotopic (exact) mass is 488 g/mol. The molecule has 1 aliphatic rings. The number of fused-ring (bicyclic) bond motifs is 1. The Morgan fingerprint density at radius 2 is 1.97 bits per heavy atom. The number of halogens is 2. The van der Waals surface area contributed by atoms with Crippen molar-refractivity contribution in [3.63, 3.8) is 0 Å². The molecule has 3 N–H and O–H groups in total. The van der Waals surface area contributed by atoms with Gasteiger partial charge in [0.2, 0.25) is 5.91 Å². The highest BCUT2D eigenvalue weighted by molar-refractivity contribution is 9.10. The first-order chi connectivity index (χ1) is 14.8. The molecule has 160 valence electrons. The highest BCUT2D eigenvalue weighted by Crippen LogP contribution is 2.24. The maximum atomic E-state index is 14.6. The van der Waals surface area contributed by atoms with Gasteiger partial charge in [0.15, 0.2) is 5.69 Å². The standard InChI is InChI=1S/C20H18BrFN6O3/c21-14-6-3-7-15(24-14)25-20(31)18-12(22)8-9-27(18)16(29)10-28-13-5-2-1-4-11(13)17(26-28)19(23)30/h1-7,12,18H,8-10H2,(H2,23,30)(H,24,25,31)/t12-,18-/m0/s1. The molecule has 31 heavy (non-hydrogen) atoms. The molecule has 0 unspecified atom stereocenters. The first kappa shape index (κ1) is 20.9. The highest BCUT2D eigenvalue weighted by Gasteiger charge is 2.42. The molecule has 3 heterocycles. The number of nitrogens with zero attached hydrogens (tertiary/aromatic N) is 4. The number of primary amides is 1. The van der Waals surface area contributed by atoms with Crippen LogP contribution in [0.4, 0.5) is 10.2 Å². The van der Waals surface area contributed by atoms with Gasteiger partial charge < -0.3 is 16.0 Å². The number of nitrogens with one attached hydrogen (secondary N) is 1. The van der Waals surface area contributed by atoms with Crippen LogP contribution in [-0.4, -0.2) is 56.1 Å². The van der Waals surface area contributed by atoms with E-state index in [4.69, 9.17) is 5.73 Å². The van der Waals surface area contributed by atoms with Crippen LogP contribution >= 0.6 is 15.9 Å². The molecule has 9 nitrogen and oxygen atoms in total. The van der Waals surface area contributed by atoms with E-state index in [1.807, 2.05) is 0 Å². The molecule has 3 aromatic rings. The van der Waals surface area contributed by atoms with Gasteiger partial charge in [-0.15, -0.1) is 0 Å². The SMILES string of the molecule is NC(=O)c1nn(CC(=O)N2CC[C@H](F)[C@H]2C(=O)Nc2cccc(Br)n2)c2ccccc12. The summed E-state index contributed by atoms with van der Waals surface area (Å²) in [5.74, 6) is -1.62. The van der Waals surface area contributed by atoms with Crippen LogP contribution in [0.5, 0.6) is 0 Å². The Hall–Kier alpha value is -3.34. The summed E-state index contributed by atoms with van der Waals surface area (Å²) < 4.78 is 16.4. The molecule has 4 rings (SSSR count). The summed E-state index contributed by atoms with van der Waals surface area (Å²) in [6.45, 7) is -0.175. The van der Waals surface area contributed by atoms with Crippen LogP contribution in [0.15, 0.2) is 47.1 Å². The van der Waals surface area contributed by atoms with Gasteiger partial charge in [0.1, 0.15) is 29.2 Å². The summed E-state index contributed by atoms with van der Waals surface area (Å²) in [6.07, 6.45) is -1.46. The number of para-hydroxylation sites is 1. The fourth-order valence-electron chi connectivity index (χ4n) is 3.67. The Labute approximate surface area is 184 Å². The van der Waals surface area contributed by atoms with E-state index >= 15 is 0 Å². The number of benzene rings is 1. The van der Waals surface area contributed by atoms with Crippen molar-refractivity contribution in [1.29, 1.82) is 0 Å². The minimum atomic E-state index is -1.51. The van der Waals surface area contributed by atoms with Crippen LogP contribution in [0.25, 0.3) is 10.9 Å². The average molecular weight is 489 g/mol. The molecule has 11 heteroatoms. The van der Waals surface area contributed by atoms with E-state index in [1.165, 1.54) is 9.58 Å². The van der Waals surface area contributed by atoms with Crippen LogP contribution in [0.3, 0.4) is 0 Å². The maximum Gasteiger partial charge on any atom is 0.269 e. The van der Waals surface area contributed by atoms with Gasteiger partial charge in [0, 0.05) is 11.9 Å². The number of amides is 3. The number of likely N-dealkylation sites (tertiary alicyclic amines) is 1. The first-order valence-corrected chi connectivity index (χ1v) is 10.3. The van der Waals surface area contributed by atoms with Gasteiger partial charge in [-0.25, -0.2) is 9.37 Å². The van der Waals surface area contributed by atoms with Crippen LogP contribution in [0.2, 0.25) is 0 Å². The molecule has 2 atom stereocenters. The fraction of sp³-hybridized carbons (Fsp3) is 0.250. The maximum absolute atomic E-state index is 14.6. The molecule has 1 saturated heterocycles. The van der Waals surface area contributed by atoms with Crippen LogP contribution < -0.4 is 11.1 Å². The number of aromatic nitrogens is 3. The lowest BCUT2D eigenvalue weighted by atomic mass is 10.1. The van der Waals surface area contributed by atoms with Crippen LogP contribution in [0.1, 0.15) is 16.9 Å². The predicted octanol–water partition coefficient (Wildman–Crippen LogP) is 1.87. The van der Waals surface area contributed by atoms with Crippen molar-refractivity contribution in [2.75, 3.05) is 11.9 Å². The second-order valence-corrected chi connectivity index (χ2v) is 7.87. The Kier molecular flexibility index (Phi) is 5.68. The minimum Gasteiger partial charge on any atom is -0.364 e. The van der Waals surface area contributed by atoms with Crippen molar-refractivity contribution in [2.24, 2.45) is 5.73 Å². The van der Waals surface area contributed by atoms with Crippen LogP contribution in [0, 0.1) is 0 Å². The van der Waals surface area contributed by atoms with E-state index in [9.17, 15) is 18.8 Å². The summed E-state index contributed by atoms with van der Waals surface area (Å²) in [4.78, 5) is 42.7. The van der Waals surface area contributed by atoms with E-state index in [0.717, 1.165) is 0 Å². The molecule has 2 aromatic heterocycles. The number of hydrogen-bond donors (Lipinski definition) is 2. The second kappa shape index (κ2) is 8.42. The molecule has 0 spiro atoms. The van der Waals surface area contributed by atoms with Crippen molar-refractivity contribution in [1.82, 2.24) is 19.7 Å². The lowest BCUT2D eigenvalue weighted by Gasteiger charge is -2.24. The second-order valence-electron chi connectivity index (χ2n) is 7.06. The first-order valence-electron chi connectivity index (χ1n) is 9.47. The number of hydrogen-bond acceptors (Lipinski definition) is 5. The Morgan fingerprint density at radius 3 is 2.71 bits per heavy atom. The quantitative estimate of drug-likeness (QED) is 0.530. The number of rotatable bonds is 5. The van der Waals surface area contributed by atoms with Crippen molar-refractivity contribution in [2.45, 2.75) is 25.2 Å². The number of alkyl halides is 1. The van der Waals surface area contributed by atoms with Crippen molar-refractivity contribution >= 4 is 50.4 Å². The molecule has 0 radical (unpaired) electrons. The Bertz CT molecular complexity index is 1180. The van der Waals surface area contributed by atoms with E-state index in [-0.39, 0.29) is 31.0 Å². The molecule has 1 aromatic carbocycles. The number of pyridine rings is 1. The lowest BCUT2D eigenvalue weighted by Crippen LogP contribution is -2.47. The zero-order valence-electron chi connectivity index (χ0n) is 16.2. The zero-order valence-corrected chi connectivity index (χ0v) is 17.8. The van der Waals surface area contributed by atoms with E-state index in [0.29, 0.717) is 15.5 Å². The molecule has 0 saturated carbocycles. The topological polar surface area (TPSA) is 123 Å². The molecule has 0 bridgehead atoms. The van der Waals surface area contributed by atoms with Gasteiger partial charge in [-0.1, -0.05) is 24.3 Å². The zero-order chi connectivity index (χ0) is 22.1. The third kappa shape index (κ3) is 4.13. The third-order valence-corrected chi connectivity index (χ3v) is 5.50. The number of nitrogens with two attached hydrogens (primary N) is 1. The van der Waals surface area contributed by atoms with Gasteiger partial charge in [0.05, 0.1) is 5.52 Å². The van der Waals surface area contributed by atoms with Gasteiger partial charge >= 0.3 is 0 Å². The van der Waals surface area contributed by atoms with Crippen LogP contribution in [-0.2, 0) is 16.1 Å². The Morgan fingerprint density at radius 1 is 1.19 bits per heavy atom. The third-order valence-electron chi connectivity index (χ3n) is 5.06. The average Bonchev–Trinajstić information content (AvgIpc) is 3.29. The fourth-order valence-corrected chi connectivity index (χ4v) is 4.01. The minimum absolute atomic E-state index is 0.0438. The van der Waals surface area contributed by atoms with Gasteiger partial charge in [-0.05, 0) is 40.5 Å². The number of carbonyl (C=O) groups excluding carboxylic acids is 3. The molecule has 1 aliphatic heterocycles. The van der Waals surface area contributed by atoms with Gasteiger partial charge in [-0.3, -0.25) is 19.1 Å². The smallest absolute Gasteiger partial charge is 0.269 e. The van der Waals surface area contributed by atoms with E-state index in [1.54, 1.807) is 42.5 Å². The molecular weight excluding hydrogens is 471 g/mol. The highest BCUT2D eigenvalue weighted by atomic mass is 79.9. The predicted molar refractivity (Wildman–Crippen MR) is 114 cm³/mol. The van der Waals surface area contributed by atoms with Crippen molar-refractivity contribution < 1.29 is 18.8 Å². The largest absolute Gasteiger partial charge is 0.364 e. The summed E-state index contributed by atoms with van der Waals surface area (Å²) in [7, 11) is 0. The number of anilines is 1. The van der Waals surface area contributed by atoms with Crippen molar-refractivity contribution in [3.8, 4) is 0 Å². The van der Waals surface area contributed by atoms with Gasteiger partial charge in [0.25, 0.3) is 11.8 Å². The Balaban J connectivity index is 1.56. The molecular formula is C20H18BrFN6O3. The normalized spacial score (nSPS) is 18.3. The number of carbonyl (C=O) groups is 3. The molecule has 3 amide bonds. The lowest BCUT2D eigenvalue weighted by molar-refractivity contribution is -0.138. The summed E-state index contributed by atoms with van der Waals surface area (Å²) in [6, 6.07) is 10.5. The molecule has 0 aliphatic carbocycles. The molecule has 1 fully saturated rings. The van der Waals surface area contributed by atoms with E-state index < -0.39 is 29.9 Å². The van der Waals surface area contributed by atoms with Gasteiger partial charge in [-0.2, -0.15) is 5.10 Å². The summed E-state index contributed by atoms with van der Waals surface area (Å²) >= 11 is 3.21. The summed E-state index contributed by atoms with van der Waals surface area (Å²) in [5, 5.41) is 7.22. The van der Waals surface area contributed by atoms with Crippen molar-refractivity contribution in [3.05, 3.63) is 52.8 Å².